The van der Waals surface area contributed by atoms with Crippen molar-refractivity contribution in [2.75, 3.05) is 19.0 Å². The van der Waals surface area contributed by atoms with Crippen LogP contribution < -0.4 is 5.32 Å². The zero-order valence-corrected chi connectivity index (χ0v) is 19.7. The van der Waals surface area contributed by atoms with Gasteiger partial charge < -0.3 is 14.6 Å². The van der Waals surface area contributed by atoms with Gasteiger partial charge in [0.15, 0.2) is 16.8 Å². The van der Waals surface area contributed by atoms with Crippen molar-refractivity contribution in [2.45, 2.75) is 37.2 Å². The number of nitrogens with one attached hydrogen (secondary N) is 1. The van der Waals surface area contributed by atoms with Gasteiger partial charge in [0.1, 0.15) is 0 Å². The van der Waals surface area contributed by atoms with Crippen molar-refractivity contribution >= 4 is 40.7 Å². The topological polar surface area (TPSA) is 86.1 Å². The van der Waals surface area contributed by atoms with Crippen LogP contribution in [0.15, 0.2) is 53.7 Å². The van der Waals surface area contributed by atoms with E-state index in [0.717, 1.165) is 12.0 Å². The number of amides is 1. The third kappa shape index (κ3) is 5.97. The van der Waals surface area contributed by atoms with Crippen LogP contribution in [0, 0.1) is 0 Å². The van der Waals surface area contributed by atoms with Crippen LogP contribution in [0.1, 0.15) is 30.6 Å². The average molecular weight is 473 g/mol. The summed E-state index contributed by atoms with van der Waals surface area (Å²) in [6.45, 7) is 4.52. The first-order valence-electron chi connectivity index (χ1n) is 10.2. The van der Waals surface area contributed by atoms with Crippen molar-refractivity contribution in [3.8, 4) is 11.4 Å². The minimum atomic E-state index is -0.383. The molecule has 0 saturated heterocycles. The summed E-state index contributed by atoms with van der Waals surface area (Å²) in [5, 5.41) is 12.3. The molecule has 168 valence electrons. The number of carbonyl (C=O) groups is 2. The Morgan fingerprint density at radius 3 is 2.53 bits per heavy atom. The van der Waals surface area contributed by atoms with Crippen molar-refractivity contribution in [1.29, 1.82) is 0 Å². The highest BCUT2D eigenvalue weighted by atomic mass is 35.5. The fourth-order valence-corrected chi connectivity index (χ4v) is 4.33. The molecule has 1 amide bonds. The Morgan fingerprint density at radius 2 is 1.88 bits per heavy atom. The van der Waals surface area contributed by atoms with E-state index >= 15 is 0 Å². The fourth-order valence-electron chi connectivity index (χ4n) is 3.15. The SMILES string of the molecule is COCCCn1c(SC(C)C(=O)c2ccc(NC(C)=O)cc2)nnc1-c1ccccc1Cl. The van der Waals surface area contributed by atoms with Crippen LogP contribution in [0.25, 0.3) is 11.4 Å². The number of halogens is 1. The van der Waals surface area contributed by atoms with Crippen LogP contribution in [0.4, 0.5) is 5.69 Å². The largest absolute Gasteiger partial charge is 0.385 e. The highest BCUT2D eigenvalue weighted by Crippen LogP contribution is 2.31. The van der Waals surface area contributed by atoms with Crippen molar-refractivity contribution < 1.29 is 14.3 Å². The number of carbonyl (C=O) groups excluding carboxylic acids is 2. The number of methoxy groups -OCH3 is 1. The lowest BCUT2D eigenvalue weighted by Gasteiger charge is -2.14. The zero-order valence-electron chi connectivity index (χ0n) is 18.2. The zero-order chi connectivity index (χ0) is 23.1. The van der Waals surface area contributed by atoms with E-state index in [4.69, 9.17) is 16.3 Å². The molecule has 32 heavy (non-hydrogen) atoms. The molecule has 0 aliphatic carbocycles. The summed E-state index contributed by atoms with van der Waals surface area (Å²) in [6, 6.07) is 14.3. The molecule has 1 N–H and O–H groups in total. The lowest BCUT2D eigenvalue weighted by molar-refractivity contribution is -0.114. The quantitative estimate of drug-likeness (QED) is 0.255. The van der Waals surface area contributed by atoms with Gasteiger partial charge in [-0.2, -0.15) is 0 Å². The number of hydrogen-bond acceptors (Lipinski definition) is 6. The number of nitrogens with zero attached hydrogens (tertiary/aromatic N) is 3. The maximum Gasteiger partial charge on any atom is 0.221 e. The molecule has 1 heterocycles. The van der Waals surface area contributed by atoms with E-state index in [1.165, 1.54) is 18.7 Å². The standard InChI is InChI=1S/C23H25ClN4O3S/c1-15(21(30)17-9-11-18(12-10-17)25-16(2)29)32-23-27-26-22(28(23)13-6-14-31-3)19-7-4-5-8-20(19)24/h4-5,7-12,15H,6,13-14H2,1-3H3,(H,25,29). The number of thioether (sulfide) groups is 1. The smallest absolute Gasteiger partial charge is 0.221 e. The fraction of sp³-hybridized carbons (Fsp3) is 0.304. The monoisotopic (exact) mass is 472 g/mol. The summed E-state index contributed by atoms with van der Waals surface area (Å²) in [6.07, 6.45) is 0.770. The van der Waals surface area contributed by atoms with Gasteiger partial charge >= 0.3 is 0 Å². The highest BCUT2D eigenvalue weighted by molar-refractivity contribution is 8.00. The molecule has 2 aromatic carbocycles. The molecule has 3 aromatic rings. The molecule has 1 unspecified atom stereocenters. The second-order valence-corrected chi connectivity index (χ2v) is 8.88. The van der Waals surface area contributed by atoms with E-state index in [1.54, 1.807) is 31.4 Å². The van der Waals surface area contributed by atoms with E-state index in [0.29, 0.717) is 40.4 Å². The Balaban J connectivity index is 1.81. The van der Waals surface area contributed by atoms with Gasteiger partial charge in [-0.05, 0) is 49.7 Å². The molecule has 1 atom stereocenters. The first-order chi connectivity index (χ1) is 15.4. The van der Waals surface area contributed by atoms with Crippen LogP contribution in [0.3, 0.4) is 0 Å². The number of aromatic nitrogens is 3. The van der Waals surface area contributed by atoms with Gasteiger partial charge in [0.05, 0.1) is 10.3 Å². The number of anilines is 1. The summed E-state index contributed by atoms with van der Waals surface area (Å²) in [7, 11) is 1.66. The van der Waals surface area contributed by atoms with Crippen molar-refractivity contribution in [3.05, 3.63) is 59.1 Å². The second-order valence-electron chi connectivity index (χ2n) is 7.17. The summed E-state index contributed by atoms with van der Waals surface area (Å²) in [5.74, 6) is 0.471. The van der Waals surface area contributed by atoms with Gasteiger partial charge in [-0.1, -0.05) is 35.5 Å². The van der Waals surface area contributed by atoms with E-state index in [9.17, 15) is 9.59 Å². The molecule has 9 heteroatoms. The molecule has 0 saturated carbocycles. The summed E-state index contributed by atoms with van der Waals surface area (Å²) < 4.78 is 7.17. The Labute approximate surface area is 196 Å². The summed E-state index contributed by atoms with van der Waals surface area (Å²) >= 11 is 7.74. The number of Topliss-reactive ketones (excluding diaryl/α,β-unsaturated/α-hetero) is 1. The molecule has 0 radical (unpaired) electrons. The predicted molar refractivity (Wildman–Crippen MR) is 127 cm³/mol. The van der Waals surface area contributed by atoms with Crippen molar-refractivity contribution in [3.63, 3.8) is 0 Å². The van der Waals surface area contributed by atoms with Gasteiger partial charge in [0, 0.05) is 44.0 Å². The van der Waals surface area contributed by atoms with Gasteiger partial charge in [-0.25, -0.2) is 0 Å². The first kappa shape index (κ1) is 24.0. The molecule has 1 aromatic heterocycles. The molecule has 7 nitrogen and oxygen atoms in total. The summed E-state index contributed by atoms with van der Waals surface area (Å²) in [4.78, 5) is 24.2. The van der Waals surface area contributed by atoms with E-state index < -0.39 is 0 Å². The molecule has 0 bridgehead atoms. The Kier molecular flexibility index (Phi) is 8.44. The molecular weight excluding hydrogens is 448 g/mol. The van der Waals surface area contributed by atoms with Crippen molar-refractivity contribution in [2.24, 2.45) is 0 Å². The number of benzene rings is 2. The molecule has 0 spiro atoms. The highest BCUT2D eigenvalue weighted by Gasteiger charge is 2.22. The number of ketones is 1. The Hall–Kier alpha value is -2.68. The maximum absolute atomic E-state index is 13.0. The van der Waals surface area contributed by atoms with Crippen LogP contribution >= 0.6 is 23.4 Å². The Morgan fingerprint density at radius 1 is 1.16 bits per heavy atom. The van der Waals surface area contributed by atoms with Crippen LogP contribution in [0.2, 0.25) is 5.02 Å². The normalized spacial score (nSPS) is 11.9. The number of rotatable bonds is 10. The average Bonchev–Trinajstić information content (AvgIpc) is 3.16. The van der Waals surface area contributed by atoms with Gasteiger partial charge in [-0.15, -0.1) is 10.2 Å². The van der Waals surface area contributed by atoms with Crippen LogP contribution in [-0.2, 0) is 16.1 Å². The van der Waals surface area contributed by atoms with E-state index in [-0.39, 0.29) is 16.9 Å². The number of ether oxygens (including phenoxy) is 1. The third-order valence-electron chi connectivity index (χ3n) is 4.70. The number of hydrogen-bond donors (Lipinski definition) is 1. The third-order valence-corrected chi connectivity index (χ3v) is 6.11. The minimum Gasteiger partial charge on any atom is -0.385 e. The minimum absolute atomic E-state index is 0.0323. The van der Waals surface area contributed by atoms with Crippen LogP contribution in [-0.4, -0.2) is 45.4 Å². The van der Waals surface area contributed by atoms with Gasteiger partial charge in [-0.3, -0.25) is 9.59 Å². The maximum atomic E-state index is 13.0. The lowest BCUT2D eigenvalue weighted by Crippen LogP contribution is -2.15. The molecule has 0 aliphatic rings. The second kappa shape index (κ2) is 11.3. The van der Waals surface area contributed by atoms with E-state index in [2.05, 4.69) is 15.5 Å². The van der Waals surface area contributed by atoms with Gasteiger partial charge in [0.25, 0.3) is 0 Å². The van der Waals surface area contributed by atoms with Gasteiger partial charge in [0.2, 0.25) is 5.91 Å². The van der Waals surface area contributed by atoms with E-state index in [1.807, 2.05) is 35.8 Å². The van der Waals surface area contributed by atoms with Crippen molar-refractivity contribution in [1.82, 2.24) is 14.8 Å². The first-order valence-corrected chi connectivity index (χ1v) is 11.4. The summed E-state index contributed by atoms with van der Waals surface area (Å²) in [5.41, 5.74) is 2.01. The molecule has 0 aliphatic heterocycles. The molecular formula is C23H25ClN4O3S. The van der Waals surface area contributed by atoms with Crippen LogP contribution in [0.5, 0.6) is 0 Å². The molecule has 0 fully saturated rings. The molecule has 3 rings (SSSR count). The predicted octanol–water partition coefficient (Wildman–Crippen LogP) is 4.96. The Bertz CT molecular complexity index is 1090. The lowest BCUT2D eigenvalue weighted by atomic mass is 10.1.